The van der Waals surface area contributed by atoms with Crippen LogP contribution < -0.4 is 0 Å². The molecule has 0 bridgehead atoms. The average molecular weight is 362 g/mol. The lowest BCUT2D eigenvalue weighted by atomic mass is 9.75. The maximum atomic E-state index is 13.0. The molecule has 0 N–H and O–H groups in total. The highest BCUT2D eigenvalue weighted by Crippen LogP contribution is 2.46. The summed E-state index contributed by atoms with van der Waals surface area (Å²) in [6.07, 6.45) is -0.184. The SMILES string of the molecule is CCOC(=O)C1(C(=O)OCC)C(C(C)OC(=O)OC)=Cc2ccccc21. The van der Waals surface area contributed by atoms with Crippen molar-refractivity contribution in [3.8, 4) is 0 Å². The molecule has 0 saturated heterocycles. The minimum absolute atomic E-state index is 0.0850. The second-order valence-corrected chi connectivity index (χ2v) is 5.59. The molecule has 1 unspecified atom stereocenters. The number of esters is 2. The third-order valence-corrected chi connectivity index (χ3v) is 4.15. The van der Waals surface area contributed by atoms with Gasteiger partial charge < -0.3 is 18.9 Å². The summed E-state index contributed by atoms with van der Waals surface area (Å²) in [5.41, 5.74) is -0.465. The van der Waals surface area contributed by atoms with Crippen LogP contribution in [0.15, 0.2) is 29.8 Å². The molecule has 0 radical (unpaired) electrons. The molecule has 2 rings (SSSR count). The van der Waals surface area contributed by atoms with E-state index in [1.54, 1.807) is 51.1 Å². The van der Waals surface area contributed by atoms with Gasteiger partial charge in [0, 0.05) is 5.57 Å². The third kappa shape index (κ3) is 3.16. The molecule has 1 aromatic rings. The summed E-state index contributed by atoms with van der Waals surface area (Å²) >= 11 is 0. The lowest BCUT2D eigenvalue weighted by Crippen LogP contribution is -2.49. The van der Waals surface area contributed by atoms with Crippen LogP contribution in [0.5, 0.6) is 0 Å². The van der Waals surface area contributed by atoms with Crippen molar-refractivity contribution in [1.82, 2.24) is 0 Å². The number of rotatable bonds is 6. The molecule has 0 spiro atoms. The molecular weight excluding hydrogens is 340 g/mol. The number of methoxy groups -OCH3 is 1. The number of carbonyl (C=O) groups is 3. The fourth-order valence-electron chi connectivity index (χ4n) is 3.09. The van der Waals surface area contributed by atoms with Crippen LogP contribution in [-0.2, 0) is 34.0 Å². The first-order valence-electron chi connectivity index (χ1n) is 8.34. The van der Waals surface area contributed by atoms with E-state index in [9.17, 15) is 14.4 Å². The molecule has 0 saturated carbocycles. The zero-order valence-corrected chi connectivity index (χ0v) is 15.2. The summed E-state index contributed by atoms with van der Waals surface area (Å²) in [4.78, 5) is 37.5. The molecule has 140 valence electrons. The first-order valence-corrected chi connectivity index (χ1v) is 8.34. The molecule has 0 aliphatic heterocycles. The third-order valence-electron chi connectivity index (χ3n) is 4.15. The summed E-state index contributed by atoms with van der Waals surface area (Å²) in [7, 11) is 1.18. The number of ether oxygens (including phenoxy) is 4. The van der Waals surface area contributed by atoms with Crippen LogP contribution in [0.25, 0.3) is 6.08 Å². The summed E-state index contributed by atoms with van der Waals surface area (Å²) < 4.78 is 20.1. The van der Waals surface area contributed by atoms with Gasteiger partial charge >= 0.3 is 18.1 Å². The molecule has 0 fully saturated rings. The summed E-state index contributed by atoms with van der Waals surface area (Å²) in [6, 6.07) is 6.93. The van der Waals surface area contributed by atoms with E-state index in [-0.39, 0.29) is 18.8 Å². The Bertz CT molecular complexity index is 717. The number of fused-ring (bicyclic) bond motifs is 1. The van der Waals surface area contributed by atoms with Crippen molar-refractivity contribution in [2.24, 2.45) is 0 Å². The predicted octanol–water partition coefficient (Wildman–Crippen LogP) is 2.62. The molecule has 0 heterocycles. The Kier molecular flexibility index (Phi) is 6.02. The van der Waals surface area contributed by atoms with Crippen molar-refractivity contribution in [2.45, 2.75) is 32.3 Å². The van der Waals surface area contributed by atoms with E-state index >= 15 is 0 Å². The first kappa shape index (κ1) is 19.5. The highest BCUT2D eigenvalue weighted by atomic mass is 16.7. The maximum absolute atomic E-state index is 13.0. The lowest BCUT2D eigenvalue weighted by Gasteiger charge is -2.31. The average Bonchev–Trinajstić information content (AvgIpc) is 2.98. The van der Waals surface area contributed by atoms with Crippen LogP contribution in [0.4, 0.5) is 4.79 Å². The fraction of sp³-hybridized carbons (Fsp3) is 0.421. The van der Waals surface area contributed by atoms with E-state index in [4.69, 9.17) is 14.2 Å². The highest BCUT2D eigenvalue weighted by molar-refractivity contribution is 6.13. The van der Waals surface area contributed by atoms with Crippen molar-refractivity contribution < 1.29 is 33.3 Å². The van der Waals surface area contributed by atoms with E-state index in [0.717, 1.165) is 0 Å². The van der Waals surface area contributed by atoms with E-state index in [0.29, 0.717) is 11.1 Å². The Labute approximate surface area is 151 Å². The molecule has 1 aliphatic rings. The topological polar surface area (TPSA) is 88.1 Å². The summed E-state index contributed by atoms with van der Waals surface area (Å²) in [5.74, 6) is -1.54. The normalized spacial score (nSPS) is 15.3. The Balaban J connectivity index is 2.65. The van der Waals surface area contributed by atoms with Crippen LogP contribution in [-0.4, -0.2) is 44.5 Å². The number of carbonyl (C=O) groups excluding carboxylic acids is 3. The largest absolute Gasteiger partial charge is 0.508 e. The quantitative estimate of drug-likeness (QED) is 0.437. The number of hydrogen-bond donors (Lipinski definition) is 0. The van der Waals surface area contributed by atoms with Gasteiger partial charge in [0.1, 0.15) is 6.10 Å². The molecule has 7 heteroatoms. The Morgan fingerprint density at radius 3 is 2.15 bits per heavy atom. The first-order chi connectivity index (χ1) is 12.4. The van der Waals surface area contributed by atoms with Crippen molar-refractivity contribution in [2.75, 3.05) is 20.3 Å². The van der Waals surface area contributed by atoms with Crippen LogP contribution in [0, 0.1) is 0 Å². The predicted molar refractivity (Wildman–Crippen MR) is 92.3 cm³/mol. The Morgan fingerprint density at radius 1 is 1.04 bits per heavy atom. The monoisotopic (exact) mass is 362 g/mol. The van der Waals surface area contributed by atoms with Gasteiger partial charge in [0.25, 0.3) is 0 Å². The second-order valence-electron chi connectivity index (χ2n) is 5.59. The van der Waals surface area contributed by atoms with Gasteiger partial charge in [-0.15, -0.1) is 0 Å². The maximum Gasteiger partial charge on any atom is 0.508 e. The zero-order chi connectivity index (χ0) is 19.3. The molecule has 0 aromatic heterocycles. The van der Waals surface area contributed by atoms with Gasteiger partial charge in [-0.3, -0.25) is 9.59 Å². The van der Waals surface area contributed by atoms with E-state index in [1.165, 1.54) is 7.11 Å². The molecular formula is C19H22O7. The fourth-order valence-corrected chi connectivity index (χ4v) is 3.09. The van der Waals surface area contributed by atoms with Crippen LogP contribution in [0.2, 0.25) is 0 Å². The minimum atomic E-state index is -1.82. The Hall–Kier alpha value is -2.83. The van der Waals surface area contributed by atoms with Gasteiger partial charge in [0.15, 0.2) is 0 Å². The van der Waals surface area contributed by atoms with Crippen molar-refractivity contribution in [3.63, 3.8) is 0 Å². The second kappa shape index (κ2) is 8.03. The number of benzene rings is 1. The van der Waals surface area contributed by atoms with Gasteiger partial charge in [-0.2, -0.15) is 0 Å². The molecule has 1 aromatic carbocycles. The molecule has 1 aliphatic carbocycles. The molecule has 0 amide bonds. The lowest BCUT2D eigenvalue weighted by molar-refractivity contribution is -0.163. The van der Waals surface area contributed by atoms with E-state index in [2.05, 4.69) is 4.74 Å². The summed E-state index contributed by atoms with van der Waals surface area (Å²) in [6.45, 7) is 5.02. The minimum Gasteiger partial charge on any atom is -0.465 e. The summed E-state index contributed by atoms with van der Waals surface area (Å²) in [5, 5.41) is 0. The van der Waals surface area contributed by atoms with Crippen LogP contribution >= 0.6 is 0 Å². The van der Waals surface area contributed by atoms with Gasteiger partial charge in [0.2, 0.25) is 5.41 Å². The van der Waals surface area contributed by atoms with Gasteiger partial charge in [-0.05, 0) is 38.0 Å². The smallest absolute Gasteiger partial charge is 0.465 e. The van der Waals surface area contributed by atoms with Gasteiger partial charge in [0.05, 0.1) is 20.3 Å². The van der Waals surface area contributed by atoms with Crippen LogP contribution in [0.1, 0.15) is 31.9 Å². The van der Waals surface area contributed by atoms with Crippen LogP contribution in [0.3, 0.4) is 0 Å². The van der Waals surface area contributed by atoms with Gasteiger partial charge in [-0.25, -0.2) is 4.79 Å². The zero-order valence-electron chi connectivity index (χ0n) is 15.2. The molecule has 1 atom stereocenters. The number of hydrogen-bond acceptors (Lipinski definition) is 7. The van der Waals surface area contributed by atoms with E-state index in [1.807, 2.05) is 0 Å². The van der Waals surface area contributed by atoms with Crippen molar-refractivity contribution in [1.29, 1.82) is 0 Å². The van der Waals surface area contributed by atoms with Gasteiger partial charge in [-0.1, -0.05) is 24.3 Å². The highest BCUT2D eigenvalue weighted by Gasteiger charge is 2.58. The van der Waals surface area contributed by atoms with E-state index < -0.39 is 29.6 Å². The molecule has 7 nitrogen and oxygen atoms in total. The Morgan fingerprint density at radius 2 is 1.62 bits per heavy atom. The molecule has 26 heavy (non-hydrogen) atoms. The van der Waals surface area contributed by atoms with Crippen molar-refractivity contribution >= 4 is 24.2 Å². The standard InChI is InChI=1S/C19H22O7/c1-5-24-16(20)19(17(21)25-6-2)14-10-8-7-9-13(14)11-15(19)12(3)26-18(22)23-4/h7-12H,5-6H2,1-4H3. The van der Waals surface area contributed by atoms with Crippen molar-refractivity contribution in [3.05, 3.63) is 41.0 Å².